The largest absolute Gasteiger partial charge is 0.490 e. The highest BCUT2D eigenvalue weighted by Gasteiger charge is 2.51. The van der Waals surface area contributed by atoms with Crippen molar-refractivity contribution >= 4 is 5.97 Å². The van der Waals surface area contributed by atoms with Gasteiger partial charge in [0.25, 0.3) is 0 Å². The van der Waals surface area contributed by atoms with Crippen molar-refractivity contribution in [2.75, 3.05) is 6.61 Å². The van der Waals surface area contributed by atoms with E-state index in [0.29, 0.717) is 6.42 Å². The summed E-state index contributed by atoms with van der Waals surface area (Å²) in [5.74, 6) is 0.395. The van der Waals surface area contributed by atoms with Crippen molar-refractivity contribution in [3.05, 3.63) is 0 Å². The number of halogens is 3. The van der Waals surface area contributed by atoms with Gasteiger partial charge in [-0.05, 0) is 69.6 Å². The number of hydrogen-bond acceptors (Lipinski definition) is 3. The van der Waals surface area contributed by atoms with Gasteiger partial charge in [0, 0.05) is 11.6 Å². The van der Waals surface area contributed by atoms with Crippen LogP contribution in [-0.4, -0.2) is 30.3 Å². The van der Waals surface area contributed by atoms with Crippen LogP contribution < -0.4 is 5.32 Å². The average molecular weight is 319 g/mol. The fraction of sp³-hybridized carbons (Fsp3) is 0.938. The highest BCUT2D eigenvalue weighted by atomic mass is 19.4. The number of rotatable bonds is 5. The first-order valence-corrected chi connectivity index (χ1v) is 8.27. The van der Waals surface area contributed by atoms with Crippen LogP contribution in [0.1, 0.15) is 51.9 Å². The molecule has 4 fully saturated rings. The number of hydrogen-bond donors (Lipinski definition) is 1. The van der Waals surface area contributed by atoms with Crippen molar-refractivity contribution in [1.82, 2.24) is 5.32 Å². The van der Waals surface area contributed by atoms with Gasteiger partial charge < -0.3 is 10.1 Å². The van der Waals surface area contributed by atoms with Gasteiger partial charge in [-0.25, -0.2) is 4.79 Å². The summed E-state index contributed by atoms with van der Waals surface area (Å²) in [6.07, 6.45) is 3.21. The summed E-state index contributed by atoms with van der Waals surface area (Å²) in [6, 6.07) is 0.0669. The van der Waals surface area contributed by atoms with E-state index in [0.717, 1.165) is 17.8 Å². The first-order chi connectivity index (χ1) is 10.3. The van der Waals surface area contributed by atoms with Gasteiger partial charge in [-0.2, -0.15) is 13.2 Å². The molecule has 0 aromatic rings. The van der Waals surface area contributed by atoms with Crippen LogP contribution in [0, 0.1) is 17.8 Å². The van der Waals surface area contributed by atoms with Crippen LogP contribution in [0.25, 0.3) is 0 Å². The lowest BCUT2D eigenvalue weighted by atomic mass is 9.53. The zero-order valence-electron chi connectivity index (χ0n) is 12.9. The molecule has 0 spiro atoms. The van der Waals surface area contributed by atoms with Crippen LogP contribution in [-0.2, 0) is 9.53 Å². The van der Waals surface area contributed by atoms with Crippen LogP contribution >= 0.6 is 0 Å². The molecule has 0 amide bonds. The Morgan fingerprint density at radius 3 is 2.14 bits per heavy atom. The smallest absolute Gasteiger partial charge is 0.459 e. The molecule has 6 heteroatoms. The first kappa shape index (κ1) is 16.1. The van der Waals surface area contributed by atoms with Crippen molar-refractivity contribution in [2.45, 2.75) is 69.6 Å². The summed E-state index contributed by atoms with van der Waals surface area (Å²) in [7, 11) is 0. The van der Waals surface area contributed by atoms with Crippen molar-refractivity contribution in [2.24, 2.45) is 17.8 Å². The molecular weight excluding hydrogens is 295 g/mol. The van der Waals surface area contributed by atoms with E-state index in [9.17, 15) is 18.0 Å². The Labute approximate surface area is 129 Å². The Kier molecular flexibility index (Phi) is 4.16. The summed E-state index contributed by atoms with van der Waals surface area (Å²) in [6.45, 7) is 1.79. The zero-order valence-corrected chi connectivity index (χ0v) is 12.9. The third kappa shape index (κ3) is 3.42. The van der Waals surface area contributed by atoms with Gasteiger partial charge >= 0.3 is 12.1 Å². The van der Waals surface area contributed by atoms with Crippen LogP contribution in [0.5, 0.6) is 0 Å². The molecule has 1 N–H and O–H groups in total. The van der Waals surface area contributed by atoms with E-state index in [1.54, 1.807) is 0 Å². The molecule has 126 valence electrons. The number of alkyl halides is 3. The monoisotopic (exact) mass is 319 g/mol. The van der Waals surface area contributed by atoms with Gasteiger partial charge in [0.1, 0.15) is 0 Å². The topological polar surface area (TPSA) is 38.3 Å². The number of carbonyl (C=O) groups excluding carboxylic acids is 1. The third-order valence-electron chi connectivity index (χ3n) is 5.61. The standard InChI is InChI=1S/C16H24F3NO2/c1-10(2-3-22-14(21)16(17,18)19)20-15-7-11-4-12(8-15)6-13(5-11)9-15/h10-13,20H,2-9H2,1H3. The lowest BCUT2D eigenvalue weighted by Crippen LogP contribution is -2.60. The Morgan fingerprint density at radius 1 is 1.18 bits per heavy atom. The van der Waals surface area contributed by atoms with Gasteiger partial charge in [-0.15, -0.1) is 0 Å². The van der Waals surface area contributed by atoms with E-state index >= 15 is 0 Å². The van der Waals surface area contributed by atoms with E-state index in [2.05, 4.69) is 10.1 Å². The van der Waals surface area contributed by atoms with Crippen molar-refractivity contribution < 1.29 is 22.7 Å². The van der Waals surface area contributed by atoms with E-state index in [1.807, 2.05) is 6.92 Å². The molecule has 0 saturated heterocycles. The molecule has 4 aliphatic rings. The number of ether oxygens (including phenoxy) is 1. The molecule has 4 bridgehead atoms. The first-order valence-electron chi connectivity index (χ1n) is 8.27. The highest BCUT2D eigenvalue weighted by Crippen LogP contribution is 2.55. The second kappa shape index (κ2) is 5.69. The van der Waals surface area contributed by atoms with Crippen molar-refractivity contribution in [3.63, 3.8) is 0 Å². The minimum Gasteiger partial charge on any atom is -0.459 e. The SMILES string of the molecule is CC(CCOC(=O)C(F)(F)F)NC12CC3CC(CC(C3)C1)C2. The average Bonchev–Trinajstić information content (AvgIpc) is 2.34. The second-order valence-corrected chi connectivity index (χ2v) is 7.67. The van der Waals surface area contributed by atoms with E-state index in [1.165, 1.54) is 38.5 Å². The Bertz CT molecular complexity index is 400. The minimum absolute atomic E-state index is 0.0669. The predicted molar refractivity (Wildman–Crippen MR) is 75.1 cm³/mol. The van der Waals surface area contributed by atoms with Gasteiger partial charge in [-0.3, -0.25) is 0 Å². The number of esters is 1. The maximum absolute atomic E-state index is 12.1. The minimum atomic E-state index is -4.89. The van der Waals surface area contributed by atoms with Crippen LogP contribution in [0.15, 0.2) is 0 Å². The summed E-state index contributed by atoms with van der Waals surface area (Å²) < 4.78 is 40.5. The Morgan fingerprint density at radius 2 is 1.68 bits per heavy atom. The van der Waals surface area contributed by atoms with Crippen LogP contribution in [0.2, 0.25) is 0 Å². The van der Waals surface area contributed by atoms with E-state index < -0.39 is 12.1 Å². The molecular formula is C16H24F3NO2. The van der Waals surface area contributed by atoms with Gasteiger partial charge in [0.2, 0.25) is 0 Å². The fourth-order valence-corrected chi connectivity index (χ4v) is 5.29. The summed E-state index contributed by atoms with van der Waals surface area (Å²) in [5.41, 5.74) is 0.183. The normalized spacial score (nSPS) is 38.1. The quantitative estimate of drug-likeness (QED) is 0.789. The van der Waals surface area contributed by atoms with Gasteiger partial charge in [0.05, 0.1) is 6.61 Å². The molecule has 0 radical (unpaired) electrons. The maximum Gasteiger partial charge on any atom is 0.490 e. The molecule has 4 rings (SSSR count). The lowest BCUT2D eigenvalue weighted by Gasteiger charge is -2.57. The molecule has 0 aromatic carbocycles. The zero-order chi connectivity index (χ0) is 16.0. The Hall–Kier alpha value is -0.780. The molecule has 0 aliphatic heterocycles. The highest BCUT2D eigenvalue weighted by molar-refractivity contribution is 5.75. The maximum atomic E-state index is 12.1. The lowest BCUT2D eigenvalue weighted by molar-refractivity contribution is -0.199. The molecule has 22 heavy (non-hydrogen) atoms. The van der Waals surface area contributed by atoms with Crippen LogP contribution in [0.4, 0.5) is 13.2 Å². The molecule has 4 saturated carbocycles. The second-order valence-electron chi connectivity index (χ2n) is 7.67. The Balaban J connectivity index is 1.46. The van der Waals surface area contributed by atoms with E-state index in [-0.39, 0.29) is 18.2 Å². The number of carbonyl (C=O) groups is 1. The molecule has 4 aliphatic carbocycles. The molecule has 3 nitrogen and oxygen atoms in total. The molecule has 1 atom stereocenters. The van der Waals surface area contributed by atoms with Crippen molar-refractivity contribution in [1.29, 1.82) is 0 Å². The molecule has 1 unspecified atom stereocenters. The summed E-state index contributed by atoms with van der Waals surface area (Å²) in [4.78, 5) is 10.7. The fourth-order valence-electron chi connectivity index (χ4n) is 5.29. The van der Waals surface area contributed by atoms with Crippen molar-refractivity contribution in [3.8, 4) is 0 Å². The number of nitrogens with one attached hydrogen (secondary N) is 1. The predicted octanol–water partition coefficient (Wildman–Crippen LogP) is 3.43. The summed E-state index contributed by atoms with van der Waals surface area (Å²) >= 11 is 0. The third-order valence-corrected chi connectivity index (χ3v) is 5.61. The molecule has 0 heterocycles. The van der Waals surface area contributed by atoms with E-state index in [4.69, 9.17) is 0 Å². The summed E-state index contributed by atoms with van der Waals surface area (Å²) in [5, 5.41) is 3.66. The van der Waals surface area contributed by atoms with Gasteiger partial charge in [0.15, 0.2) is 0 Å². The van der Waals surface area contributed by atoms with Gasteiger partial charge in [-0.1, -0.05) is 0 Å². The molecule has 0 aromatic heterocycles. The van der Waals surface area contributed by atoms with Crippen LogP contribution in [0.3, 0.4) is 0 Å².